The fourth-order valence-corrected chi connectivity index (χ4v) is 4.87. The van der Waals surface area contributed by atoms with E-state index in [1.165, 1.54) is 12.0 Å². The second-order valence-electron chi connectivity index (χ2n) is 7.65. The first-order valence-corrected chi connectivity index (χ1v) is 9.32. The Morgan fingerprint density at radius 1 is 1.12 bits per heavy atom. The molecule has 3 atom stereocenters. The van der Waals surface area contributed by atoms with Gasteiger partial charge in [0.1, 0.15) is 0 Å². The zero-order chi connectivity index (χ0) is 16.5. The van der Waals surface area contributed by atoms with E-state index in [9.17, 15) is 9.59 Å². The first-order valence-electron chi connectivity index (χ1n) is 9.32. The fraction of sp³-hybridized carbons (Fsp3) is 0.600. The molecule has 4 heteroatoms. The summed E-state index contributed by atoms with van der Waals surface area (Å²) in [6.45, 7) is 2.54. The maximum absolute atomic E-state index is 12.7. The Morgan fingerprint density at radius 3 is 2.79 bits per heavy atom. The second-order valence-corrected chi connectivity index (χ2v) is 7.65. The fourth-order valence-electron chi connectivity index (χ4n) is 4.87. The zero-order valence-electron chi connectivity index (χ0n) is 14.2. The molecule has 1 aromatic rings. The van der Waals surface area contributed by atoms with Crippen molar-refractivity contribution in [3.63, 3.8) is 0 Å². The van der Waals surface area contributed by atoms with Gasteiger partial charge in [-0.1, -0.05) is 30.3 Å². The molecule has 2 amide bonds. The number of amides is 2. The molecule has 0 aromatic heterocycles. The number of hydrogen-bond acceptors (Lipinski definition) is 2. The van der Waals surface area contributed by atoms with E-state index in [-0.39, 0.29) is 5.91 Å². The number of piperidine rings is 3. The lowest BCUT2D eigenvalue weighted by molar-refractivity contribution is -0.148. The van der Waals surface area contributed by atoms with E-state index in [0.29, 0.717) is 30.2 Å². The molecule has 3 aliphatic heterocycles. The molecule has 3 fully saturated rings. The molecule has 3 heterocycles. The van der Waals surface area contributed by atoms with E-state index in [1.54, 1.807) is 0 Å². The molecule has 3 aliphatic rings. The molecule has 0 saturated carbocycles. The summed E-state index contributed by atoms with van der Waals surface area (Å²) in [6.07, 6.45) is 5.46. The SMILES string of the molecule is O=C(CCc1ccccc1)N1C[C@H]2C[C@H](C1)[C@H]1CCCC(=O)N1C2. The van der Waals surface area contributed by atoms with Crippen molar-refractivity contribution >= 4 is 11.8 Å². The van der Waals surface area contributed by atoms with Crippen molar-refractivity contribution in [2.75, 3.05) is 19.6 Å². The smallest absolute Gasteiger partial charge is 0.222 e. The highest BCUT2D eigenvalue weighted by atomic mass is 16.2. The van der Waals surface area contributed by atoms with Crippen LogP contribution in [-0.2, 0) is 16.0 Å². The lowest BCUT2D eigenvalue weighted by Crippen LogP contribution is -2.61. The standard InChI is InChI=1S/C20H26N2O2/c23-19(10-9-15-5-2-1-3-6-15)21-12-16-11-17(14-21)18-7-4-8-20(24)22(18)13-16/h1-3,5-6,16-18H,4,7-14H2/t16-,17-,18-/m1/s1. The molecular formula is C20H26N2O2. The van der Waals surface area contributed by atoms with Gasteiger partial charge in [0.15, 0.2) is 0 Å². The van der Waals surface area contributed by atoms with Gasteiger partial charge in [-0.05, 0) is 43.1 Å². The number of carbonyl (C=O) groups excluding carboxylic acids is 2. The molecular weight excluding hydrogens is 300 g/mol. The minimum atomic E-state index is 0.282. The molecule has 4 rings (SSSR count). The largest absolute Gasteiger partial charge is 0.342 e. The minimum absolute atomic E-state index is 0.282. The lowest BCUT2D eigenvalue weighted by atomic mass is 9.76. The summed E-state index contributed by atoms with van der Waals surface area (Å²) in [7, 11) is 0. The maximum Gasteiger partial charge on any atom is 0.222 e. The summed E-state index contributed by atoms with van der Waals surface area (Å²) >= 11 is 0. The van der Waals surface area contributed by atoms with E-state index in [2.05, 4.69) is 21.9 Å². The van der Waals surface area contributed by atoms with Crippen molar-refractivity contribution in [1.29, 1.82) is 0 Å². The maximum atomic E-state index is 12.7. The highest BCUT2D eigenvalue weighted by Crippen LogP contribution is 2.38. The zero-order valence-corrected chi connectivity index (χ0v) is 14.2. The molecule has 0 unspecified atom stereocenters. The van der Waals surface area contributed by atoms with Gasteiger partial charge in [0.05, 0.1) is 0 Å². The average Bonchev–Trinajstić information content (AvgIpc) is 2.61. The summed E-state index contributed by atoms with van der Waals surface area (Å²) < 4.78 is 0. The number of aryl methyl sites for hydroxylation is 1. The summed E-state index contributed by atoms with van der Waals surface area (Å²) in [4.78, 5) is 29.1. The monoisotopic (exact) mass is 326 g/mol. The van der Waals surface area contributed by atoms with Crippen molar-refractivity contribution in [2.45, 2.75) is 44.6 Å². The van der Waals surface area contributed by atoms with Crippen molar-refractivity contribution in [1.82, 2.24) is 9.80 Å². The number of carbonyl (C=O) groups is 2. The van der Waals surface area contributed by atoms with Crippen LogP contribution in [0.15, 0.2) is 30.3 Å². The summed E-state index contributed by atoms with van der Waals surface area (Å²) in [5.41, 5.74) is 1.23. The topological polar surface area (TPSA) is 40.6 Å². The molecule has 3 saturated heterocycles. The van der Waals surface area contributed by atoms with Crippen molar-refractivity contribution in [2.24, 2.45) is 11.8 Å². The van der Waals surface area contributed by atoms with Crippen LogP contribution in [0.4, 0.5) is 0 Å². The quantitative estimate of drug-likeness (QED) is 0.856. The van der Waals surface area contributed by atoms with E-state index < -0.39 is 0 Å². The van der Waals surface area contributed by atoms with Crippen LogP contribution in [0.5, 0.6) is 0 Å². The highest BCUT2D eigenvalue weighted by molar-refractivity contribution is 5.78. The minimum Gasteiger partial charge on any atom is -0.342 e. The van der Waals surface area contributed by atoms with Gasteiger partial charge < -0.3 is 9.80 Å². The number of rotatable bonds is 3. The van der Waals surface area contributed by atoms with Gasteiger partial charge >= 0.3 is 0 Å². The van der Waals surface area contributed by atoms with Crippen molar-refractivity contribution in [3.05, 3.63) is 35.9 Å². The molecule has 4 nitrogen and oxygen atoms in total. The number of hydrogen-bond donors (Lipinski definition) is 0. The Balaban J connectivity index is 1.38. The third-order valence-corrected chi connectivity index (χ3v) is 6.00. The molecule has 0 spiro atoms. The predicted molar refractivity (Wildman–Crippen MR) is 92.3 cm³/mol. The highest BCUT2D eigenvalue weighted by Gasteiger charge is 2.44. The lowest BCUT2D eigenvalue weighted by Gasteiger charge is -2.52. The number of benzene rings is 1. The van der Waals surface area contributed by atoms with E-state index in [1.807, 2.05) is 18.2 Å². The van der Waals surface area contributed by atoms with E-state index >= 15 is 0 Å². The normalized spacial score (nSPS) is 29.3. The first kappa shape index (κ1) is 15.7. The summed E-state index contributed by atoms with van der Waals surface area (Å²) in [6, 6.07) is 10.6. The third-order valence-electron chi connectivity index (χ3n) is 6.00. The molecule has 128 valence electrons. The average molecular weight is 326 g/mol. The van der Waals surface area contributed by atoms with Crippen LogP contribution in [0.1, 0.15) is 37.7 Å². The molecule has 2 bridgehead atoms. The Bertz CT molecular complexity index is 615. The van der Waals surface area contributed by atoms with Gasteiger partial charge in [0.2, 0.25) is 11.8 Å². The van der Waals surface area contributed by atoms with Crippen molar-refractivity contribution < 1.29 is 9.59 Å². The molecule has 0 N–H and O–H groups in total. The van der Waals surface area contributed by atoms with Crippen LogP contribution >= 0.6 is 0 Å². The van der Waals surface area contributed by atoms with Crippen LogP contribution in [0, 0.1) is 11.8 Å². The summed E-state index contributed by atoms with van der Waals surface area (Å²) in [5, 5.41) is 0. The number of nitrogens with zero attached hydrogens (tertiary/aromatic N) is 2. The van der Waals surface area contributed by atoms with Crippen LogP contribution in [0.3, 0.4) is 0 Å². The second kappa shape index (κ2) is 6.58. The van der Waals surface area contributed by atoms with Gasteiger partial charge in [-0.2, -0.15) is 0 Å². The summed E-state index contributed by atoms with van der Waals surface area (Å²) in [5.74, 6) is 1.58. The van der Waals surface area contributed by atoms with E-state index in [4.69, 9.17) is 0 Å². The van der Waals surface area contributed by atoms with Crippen LogP contribution in [-0.4, -0.2) is 47.3 Å². The van der Waals surface area contributed by atoms with Gasteiger partial charge in [-0.3, -0.25) is 9.59 Å². The molecule has 1 aromatic carbocycles. The van der Waals surface area contributed by atoms with Crippen LogP contribution < -0.4 is 0 Å². The Labute approximate surface area is 143 Å². The molecule has 0 aliphatic carbocycles. The van der Waals surface area contributed by atoms with Gasteiger partial charge in [-0.15, -0.1) is 0 Å². The Hall–Kier alpha value is -1.84. The van der Waals surface area contributed by atoms with Crippen LogP contribution in [0.2, 0.25) is 0 Å². The Kier molecular flexibility index (Phi) is 4.30. The molecule has 24 heavy (non-hydrogen) atoms. The third kappa shape index (κ3) is 3.06. The van der Waals surface area contributed by atoms with Gasteiger partial charge in [0, 0.05) is 38.5 Å². The van der Waals surface area contributed by atoms with Gasteiger partial charge in [0.25, 0.3) is 0 Å². The first-order chi connectivity index (χ1) is 11.7. The van der Waals surface area contributed by atoms with Crippen LogP contribution in [0.25, 0.3) is 0 Å². The number of fused-ring (bicyclic) bond motifs is 4. The van der Waals surface area contributed by atoms with Crippen molar-refractivity contribution in [3.8, 4) is 0 Å². The number of likely N-dealkylation sites (tertiary alicyclic amines) is 1. The van der Waals surface area contributed by atoms with Gasteiger partial charge in [-0.25, -0.2) is 0 Å². The predicted octanol–water partition coefficient (Wildman–Crippen LogP) is 2.48. The Morgan fingerprint density at radius 2 is 1.96 bits per heavy atom. The molecule has 0 radical (unpaired) electrons. The van der Waals surface area contributed by atoms with E-state index in [0.717, 1.165) is 45.3 Å².